The Morgan fingerprint density at radius 1 is 0.724 bits per heavy atom. The van der Waals surface area contributed by atoms with Gasteiger partial charge in [0.25, 0.3) is 0 Å². The number of ketones is 1. The van der Waals surface area contributed by atoms with Gasteiger partial charge in [0.1, 0.15) is 11.5 Å². The lowest BCUT2D eigenvalue weighted by molar-refractivity contribution is -0.134. The molecule has 2 aromatic carbocycles. The van der Waals surface area contributed by atoms with E-state index in [1.165, 1.54) is 0 Å². The SMILES string of the molecule is O=C1C[C@H]2c3ccccc3[C@@H]1[C@H]1C(=O)N(c3c(F)c(F)c(F)c(F)c3F)C(=O)[C@H]12. The fourth-order valence-corrected chi connectivity index (χ4v) is 4.97. The Morgan fingerprint density at radius 2 is 1.24 bits per heavy atom. The van der Waals surface area contributed by atoms with Gasteiger partial charge in [-0.25, -0.2) is 26.9 Å². The van der Waals surface area contributed by atoms with Crippen LogP contribution in [-0.4, -0.2) is 17.6 Å². The van der Waals surface area contributed by atoms with Crippen molar-refractivity contribution < 1.29 is 36.3 Å². The zero-order valence-electron chi connectivity index (χ0n) is 14.4. The summed E-state index contributed by atoms with van der Waals surface area (Å²) in [5.74, 6) is -18.0. The summed E-state index contributed by atoms with van der Waals surface area (Å²) in [6.45, 7) is 0. The van der Waals surface area contributed by atoms with Gasteiger partial charge in [-0.3, -0.25) is 14.4 Å². The molecule has 29 heavy (non-hydrogen) atoms. The van der Waals surface area contributed by atoms with Gasteiger partial charge in [-0.15, -0.1) is 0 Å². The Labute approximate surface area is 159 Å². The van der Waals surface area contributed by atoms with Crippen LogP contribution in [0.4, 0.5) is 27.6 Å². The maximum Gasteiger partial charge on any atom is 0.238 e. The van der Waals surface area contributed by atoms with Crippen molar-refractivity contribution in [2.75, 3.05) is 4.90 Å². The van der Waals surface area contributed by atoms with Crippen LogP contribution in [0.15, 0.2) is 24.3 Å². The number of carbonyl (C=O) groups is 3. The molecule has 1 aliphatic heterocycles. The number of carbonyl (C=O) groups excluding carboxylic acids is 3. The second kappa shape index (κ2) is 5.71. The molecule has 1 saturated heterocycles. The molecule has 6 rings (SSSR count). The minimum atomic E-state index is -2.39. The van der Waals surface area contributed by atoms with Crippen molar-refractivity contribution in [3.63, 3.8) is 0 Å². The van der Waals surface area contributed by atoms with Crippen LogP contribution in [0.3, 0.4) is 0 Å². The van der Waals surface area contributed by atoms with Crippen LogP contribution in [0, 0.1) is 40.9 Å². The van der Waals surface area contributed by atoms with Crippen molar-refractivity contribution in [1.82, 2.24) is 0 Å². The Bertz CT molecular complexity index is 1120. The van der Waals surface area contributed by atoms with E-state index in [4.69, 9.17) is 0 Å². The smallest absolute Gasteiger partial charge is 0.238 e. The summed E-state index contributed by atoms with van der Waals surface area (Å²) in [4.78, 5) is 38.5. The summed E-state index contributed by atoms with van der Waals surface area (Å²) in [6, 6.07) is 6.70. The maximum atomic E-state index is 14.3. The molecule has 4 atom stereocenters. The molecule has 0 aromatic heterocycles. The van der Waals surface area contributed by atoms with E-state index in [0.29, 0.717) is 11.1 Å². The van der Waals surface area contributed by atoms with Gasteiger partial charge in [0.2, 0.25) is 17.6 Å². The molecule has 2 fully saturated rings. The standard InChI is InChI=1S/C20H10F5NO3/c21-13-14(22)16(24)18(17(25)15(13)23)26-19(28)11-8-5-9(27)10(12(11)20(26)29)7-4-2-1-3-6(7)8/h1-4,8,10-12H,5H2/t8-,10-,11-,12+/m0/s1. The van der Waals surface area contributed by atoms with Crippen LogP contribution >= 0.6 is 0 Å². The molecule has 1 saturated carbocycles. The van der Waals surface area contributed by atoms with Crippen molar-refractivity contribution >= 4 is 23.3 Å². The molecule has 0 unspecified atom stereocenters. The van der Waals surface area contributed by atoms with Gasteiger partial charge in [0.15, 0.2) is 23.3 Å². The number of nitrogens with zero attached hydrogens (tertiary/aromatic N) is 1. The van der Waals surface area contributed by atoms with Crippen molar-refractivity contribution in [3.8, 4) is 0 Å². The molecule has 2 bridgehead atoms. The van der Waals surface area contributed by atoms with Gasteiger partial charge in [-0.1, -0.05) is 24.3 Å². The first kappa shape index (κ1) is 18.0. The highest BCUT2D eigenvalue weighted by Gasteiger charge is 2.63. The van der Waals surface area contributed by atoms with Crippen LogP contribution in [-0.2, 0) is 14.4 Å². The van der Waals surface area contributed by atoms with E-state index in [0.717, 1.165) is 0 Å². The average molecular weight is 407 g/mol. The van der Waals surface area contributed by atoms with E-state index in [1.807, 2.05) is 0 Å². The van der Waals surface area contributed by atoms with Gasteiger partial charge >= 0.3 is 0 Å². The van der Waals surface area contributed by atoms with E-state index >= 15 is 0 Å². The molecule has 4 nitrogen and oxygen atoms in total. The van der Waals surface area contributed by atoms with E-state index in [1.54, 1.807) is 24.3 Å². The van der Waals surface area contributed by atoms with Gasteiger partial charge in [0.05, 0.1) is 17.8 Å². The zero-order chi connectivity index (χ0) is 20.8. The Kier molecular flexibility index (Phi) is 3.54. The normalized spacial score (nSPS) is 27.5. The third-order valence-corrected chi connectivity index (χ3v) is 6.10. The predicted molar refractivity (Wildman–Crippen MR) is 87.3 cm³/mol. The molecule has 0 N–H and O–H groups in total. The topological polar surface area (TPSA) is 54.5 Å². The molecular formula is C20H10F5NO3. The molecule has 4 aliphatic rings. The molecule has 3 aliphatic carbocycles. The first-order valence-corrected chi connectivity index (χ1v) is 8.76. The number of fused-ring (bicyclic) bond motifs is 1. The molecule has 2 aromatic rings. The molecule has 148 valence electrons. The average Bonchev–Trinajstić information content (AvgIpc) is 2.97. The number of rotatable bonds is 1. The van der Waals surface area contributed by atoms with Crippen LogP contribution in [0.5, 0.6) is 0 Å². The first-order chi connectivity index (χ1) is 13.8. The maximum absolute atomic E-state index is 14.3. The molecular weight excluding hydrogens is 397 g/mol. The summed E-state index contributed by atoms with van der Waals surface area (Å²) < 4.78 is 69.3. The van der Waals surface area contributed by atoms with Crippen LogP contribution in [0.25, 0.3) is 0 Å². The highest BCUT2D eigenvalue weighted by molar-refractivity contribution is 6.24. The summed E-state index contributed by atoms with van der Waals surface area (Å²) in [6.07, 6.45) is -0.0349. The molecule has 1 heterocycles. The number of amides is 2. The quantitative estimate of drug-likeness (QED) is 0.315. The largest absolute Gasteiger partial charge is 0.299 e. The van der Waals surface area contributed by atoms with Crippen molar-refractivity contribution in [1.29, 1.82) is 0 Å². The molecule has 0 spiro atoms. The summed E-state index contributed by atoms with van der Waals surface area (Å²) in [5, 5.41) is 0. The Balaban J connectivity index is 1.71. The van der Waals surface area contributed by atoms with Gasteiger partial charge in [-0.2, -0.15) is 0 Å². The highest BCUT2D eigenvalue weighted by atomic mass is 19.2. The first-order valence-electron chi connectivity index (χ1n) is 8.76. The summed E-state index contributed by atoms with van der Waals surface area (Å²) in [5.41, 5.74) is -0.365. The second-order valence-corrected chi connectivity index (χ2v) is 7.37. The predicted octanol–water partition coefficient (Wildman–Crippen LogP) is 3.34. The number of hydrogen-bond donors (Lipinski definition) is 0. The van der Waals surface area contributed by atoms with E-state index in [-0.39, 0.29) is 17.1 Å². The van der Waals surface area contributed by atoms with Crippen LogP contribution in [0.2, 0.25) is 0 Å². The number of benzene rings is 2. The van der Waals surface area contributed by atoms with Crippen LogP contribution < -0.4 is 4.90 Å². The van der Waals surface area contributed by atoms with Gasteiger partial charge in [0, 0.05) is 12.3 Å². The lowest BCUT2D eigenvalue weighted by Gasteiger charge is -2.43. The fraction of sp³-hybridized carbons (Fsp3) is 0.250. The van der Waals surface area contributed by atoms with E-state index in [9.17, 15) is 36.3 Å². The van der Waals surface area contributed by atoms with Gasteiger partial charge in [-0.05, 0) is 11.1 Å². The Hall–Kier alpha value is -3.10. The van der Waals surface area contributed by atoms with E-state index < -0.39 is 70.3 Å². The third-order valence-electron chi connectivity index (χ3n) is 6.10. The van der Waals surface area contributed by atoms with E-state index in [2.05, 4.69) is 0 Å². The molecule has 9 heteroatoms. The van der Waals surface area contributed by atoms with Crippen molar-refractivity contribution in [2.24, 2.45) is 11.8 Å². The monoisotopic (exact) mass is 407 g/mol. The summed E-state index contributed by atoms with van der Waals surface area (Å²) in [7, 11) is 0. The lowest BCUT2D eigenvalue weighted by atomic mass is 9.56. The Morgan fingerprint density at radius 3 is 1.86 bits per heavy atom. The minimum Gasteiger partial charge on any atom is -0.299 e. The number of hydrogen-bond acceptors (Lipinski definition) is 3. The minimum absolute atomic E-state index is 0.0239. The number of imide groups is 1. The van der Waals surface area contributed by atoms with Crippen molar-refractivity contribution in [3.05, 3.63) is 64.5 Å². The third kappa shape index (κ3) is 2.05. The highest BCUT2D eigenvalue weighted by Crippen LogP contribution is 2.58. The van der Waals surface area contributed by atoms with Crippen LogP contribution in [0.1, 0.15) is 29.4 Å². The second-order valence-electron chi connectivity index (χ2n) is 7.37. The molecule has 2 amide bonds. The lowest BCUT2D eigenvalue weighted by Crippen LogP contribution is -2.44. The molecule has 0 radical (unpaired) electrons. The number of Topliss-reactive ketones (excluding diaryl/α,β-unsaturated/α-hetero) is 1. The number of anilines is 1. The summed E-state index contributed by atoms with van der Waals surface area (Å²) >= 11 is 0. The zero-order valence-corrected chi connectivity index (χ0v) is 14.4. The van der Waals surface area contributed by atoms with Gasteiger partial charge < -0.3 is 0 Å². The fourth-order valence-electron chi connectivity index (χ4n) is 4.97. The number of halogens is 5. The van der Waals surface area contributed by atoms with Crippen molar-refractivity contribution in [2.45, 2.75) is 18.3 Å².